The Morgan fingerprint density at radius 3 is 2.57 bits per heavy atom. The Balaban J connectivity index is 2.20. The van der Waals surface area contributed by atoms with E-state index in [4.69, 9.17) is 5.73 Å². The second kappa shape index (κ2) is 8.03. The summed E-state index contributed by atoms with van der Waals surface area (Å²) in [5.74, 6) is 0.624. The van der Waals surface area contributed by atoms with Crippen molar-refractivity contribution in [1.82, 2.24) is 4.37 Å². The standard InChI is InChI=1S/C17H25N3S/c1-3-5-12-14(9-4-2)19-17-15(16(18)20-21-17)13-10-7-6-8-11-13/h6-8,10-11,14,19H,3-5,9,12H2,1-2H3,(H2,18,20). The number of nitrogens with one attached hydrogen (secondary N) is 1. The fourth-order valence-corrected chi connectivity index (χ4v) is 3.37. The van der Waals surface area contributed by atoms with Crippen molar-refractivity contribution in [2.24, 2.45) is 0 Å². The van der Waals surface area contributed by atoms with E-state index in [1.807, 2.05) is 18.2 Å². The number of nitrogens with zero attached hydrogens (tertiary/aromatic N) is 1. The van der Waals surface area contributed by atoms with Gasteiger partial charge in [-0.2, -0.15) is 4.37 Å². The normalized spacial score (nSPS) is 12.3. The summed E-state index contributed by atoms with van der Waals surface area (Å²) >= 11 is 1.47. The van der Waals surface area contributed by atoms with E-state index in [9.17, 15) is 0 Å². The highest BCUT2D eigenvalue weighted by Gasteiger charge is 2.16. The van der Waals surface area contributed by atoms with Crippen LogP contribution in [0.5, 0.6) is 0 Å². The summed E-state index contributed by atoms with van der Waals surface area (Å²) in [7, 11) is 0. The topological polar surface area (TPSA) is 50.9 Å². The van der Waals surface area contributed by atoms with Gasteiger partial charge in [-0.05, 0) is 29.9 Å². The third-order valence-electron chi connectivity index (χ3n) is 3.66. The van der Waals surface area contributed by atoms with Gasteiger partial charge < -0.3 is 11.1 Å². The predicted octanol–water partition coefficient (Wildman–Crippen LogP) is 5.16. The highest BCUT2D eigenvalue weighted by molar-refractivity contribution is 7.11. The fourth-order valence-electron chi connectivity index (χ4n) is 2.56. The Bertz CT molecular complexity index is 536. The van der Waals surface area contributed by atoms with Gasteiger partial charge in [-0.1, -0.05) is 63.4 Å². The summed E-state index contributed by atoms with van der Waals surface area (Å²) in [5.41, 5.74) is 8.27. The first-order chi connectivity index (χ1) is 10.3. The summed E-state index contributed by atoms with van der Waals surface area (Å²) in [5, 5.41) is 4.78. The third kappa shape index (κ3) is 4.21. The SMILES string of the molecule is CCCCC(CCC)Nc1snc(N)c1-c1ccccc1. The van der Waals surface area contributed by atoms with E-state index < -0.39 is 0 Å². The lowest BCUT2D eigenvalue weighted by molar-refractivity contribution is 0.565. The molecule has 0 spiro atoms. The minimum Gasteiger partial charge on any atom is -0.382 e. The highest BCUT2D eigenvalue weighted by Crippen LogP contribution is 2.37. The van der Waals surface area contributed by atoms with Crippen molar-refractivity contribution in [2.75, 3.05) is 11.1 Å². The predicted molar refractivity (Wildman–Crippen MR) is 93.8 cm³/mol. The molecule has 0 aliphatic heterocycles. The monoisotopic (exact) mass is 303 g/mol. The van der Waals surface area contributed by atoms with Gasteiger partial charge in [-0.15, -0.1) is 0 Å². The Kier molecular flexibility index (Phi) is 6.05. The van der Waals surface area contributed by atoms with Gasteiger partial charge >= 0.3 is 0 Å². The van der Waals surface area contributed by atoms with Gasteiger partial charge in [-0.3, -0.25) is 0 Å². The van der Waals surface area contributed by atoms with Gasteiger partial charge in [0.2, 0.25) is 0 Å². The van der Waals surface area contributed by atoms with Gasteiger partial charge in [0.1, 0.15) is 10.8 Å². The van der Waals surface area contributed by atoms with Crippen LogP contribution in [0, 0.1) is 0 Å². The Hall–Kier alpha value is -1.55. The Morgan fingerprint density at radius 2 is 1.90 bits per heavy atom. The maximum atomic E-state index is 6.08. The third-order valence-corrected chi connectivity index (χ3v) is 4.45. The fraction of sp³-hybridized carbons (Fsp3) is 0.471. The van der Waals surface area contributed by atoms with Gasteiger partial charge in [0.25, 0.3) is 0 Å². The molecule has 114 valence electrons. The van der Waals surface area contributed by atoms with E-state index in [1.165, 1.54) is 43.6 Å². The van der Waals surface area contributed by atoms with Gasteiger partial charge in [0.05, 0.1) is 5.56 Å². The van der Waals surface area contributed by atoms with Gasteiger partial charge in [0.15, 0.2) is 0 Å². The second-order valence-electron chi connectivity index (χ2n) is 5.41. The molecular formula is C17H25N3S. The van der Waals surface area contributed by atoms with Crippen LogP contribution in [0.3, 0.4) is 0 Å². The molecule has 0 fully saturated rings. The van der Waals surface area contributed by atoms with Crippen molar-refractivity contribution < 1.29 is 0 Å². The maximum Gasteiger partial charge on any atom is 0.147 e. The first-order valence-corrected chi connectivity index (χ1v) is 8.60. The smallest absolute Gasteiger partial charge is 0.147 e. The van der Waals surface area contributed by atoms with Crippen molar-refractivity contribution in [3.63, 3.8) is 0 Å². The van der Waals surface area contributed by atoms with Crippen LogP contribution in [0.15, 0.2) is 30.3 Å². The number of aromatic nitrogens is 1. The number of nitrogen functional groups attached to an aromatic ring is 1. The largest absolute Gasteiger partial charge is 0.382 e. The molecule has 1 unspecified atom stereocenters. The average Bonchev–Trinajstić information content (AvgIpc) is 2.86. The van der Waals surface area contributed by atoms with Crippen molar-refractivity contribution >= 4 is 22.4 Å². The molecule has 2 aromatic rings. The van der Waals surface area contributed by atoms with Gasteiger partial charge in [-0.25, -0.2) is 0 Å². The molecule has 0 bridgehead atoms. The number of nitrogens with two attached hydrogens (primary N) is 1. The number of benzene rings is 1. The highest BCUT2D eigenvalue weighted by atomic mass is 32.1. The van der Waals surface area contributed by atoms with E-state index >= 15 is 0 Å². The molecule has 3 N–H and O–H groups in total. The Morgan fingerprint density at radius 1 is 1.14 bits per heavy atom. The van der Waals surface area contributed by atoms with E-state index in [0.29, 0.717) is 11.9 Å². The molecule has 0 amide bonds. The zero-order valence-electron chi connectivity index (χ0n) is 12.9. The first kappa shape index (κ1) is 15.8. The van der Waals surface area contributed by atoms with Crippen molar-refractivity contribution in [3.05, 3.63) is 30.3 Å². The molecule has 21 heavy (non-hydrogen) atoms. The molecule has 1 heterocycles. The molecule has 0 saturated carbocycles. The van der Waals surface area contributed by atoms with Crippen molar-refractivity contribution in [3.8, 4) is 11.1 Å². The van der Waals surface area contributed by atoms with E-state index in [2.05, 4.69) is 35.7 Å². The number of rotatable bonds is 8. The lowest BCUT2D eigenvalue weighted by Gasteiger charge is -2.19. The van der Waals surface area contributed by atoms with Crippen LogP contribution in [0.1, 0.15) is 46.0 Å². The zero-order valence-corrected chi connectivity index (χ0v) is 13.7. The molecule has 0 aliphatic rings. The number of unbranched alkanes of at least 4 members (excludes halogenated alkanes) is 1. The number of anilines is 2. The van der Waals surface area contributed by atoms with Crippen molar-refractivity contribution in [1.29, 1.82) is 0 Å². The molecule has 2 rings (SSSR count). The molecule has 1 aromatic carbocycles. The molecule has 0 aliphatic carbocycles. The minimum absolute atomic E-state index is 0.511. The van der Waals surface area contributed by atoms with Crippen molar-refractivity contribution in [2.45, 2.75) is 52.0 Å². The number of hydrogen-bond donors (Lipinski definition) is 2. The molecule has 0 radical (unpaired) electrons. The Labute approximate surface area is 131 Å². The summed E-state index contributed by atoms with van der Waals surface area (Å²) in [6.07, 6.45) is 6.07. The molecule has 1 atom stereocenters. The van der Waals surface area contributed by atoms with Crippen LogP contribution >= 0.6 is 11.5 Å². The van der Waals surface area contributed by atoms with Crippen LogP contribution in [0.4, 0.5) is 10.8 Å². The maximum absolute atomic E-state index is 6.08. The van der Waals surface area contributed by atoms with E-state index in [1.54, 1.807) is 0 Å². The average molecular weight is 303 g/mol. The minimum atomic E-state index is 0.511. The summed E-state index contributed by atoms with van der Waals surface area (Å²) in [4.78, 5) is 0. The van der Waals surface area contributed by atoms with Crippen LogP contribution < -0.4 is 11.1 Å². The lowest BCUT2D eigenvalue weighted by Crippen LogP contribution is -2.18. The van der Waals surface area contributed by atoms with E-state index in [-0.39, 0.29) is 0 Å². The van der Waals surface area contributed by atoms with Crippen LogP contribution in [-0.2, 0) is 0 Å². The zero-order chi connectivity index (χ0) is 15.1. The lowest BCUT2D eigenvalue weighted by atomic mass is 10.0. The molecule has 4 heteroatoms. The van der Waals surface area contributed by atoms with Crippen LogP contribution in [-0.4, -0.2) is 10.4 Å². The molecule has 1 aromatic heterocycles. The van der Waals surface area contributed by atoms with E-state index in [0.717, 1.165) is 16.1 Å². The van der Waals surface area contributed by atoms with Crippen LogP contribution in [0.25, 0.3) is 11.1 Å². The van der Waals surface area contributed by atoms with Crippen LogP contribution in [0.2, 0.25) is 0 Å². The quantitative estimate of drug-likeness (QED) is 0.708. The first-order valence-electron chi connectivity index (χ1n) is 7.83. The number of hydrogen-bond acceptors (Lipinski definition) is 4. The molecule has 3 nitrogen and oxygen atoms in total. The second-order valence-corrected chi connectivity index (χ2v) is 6.18. The molecule has 0 saturated heterocycles. The van der Waals surface area contributed by atoms with Gasteiger partial charge in [0, 0.05) is 6.04 Å². The summed E-state index contributed by atoms with van der Waals surface area (Å²) in [6, 6.07) is 10.8. The summed E-state index contributed by atoms with van der Waals surface area (Å²) in [6.45, 7) is 4.48. The molecular weight excluding hydrogens is 278 g/mol. The summed E-state index contributed by atoms with van der Waals surface area (Å²) < 4.78 is 4.34.